The molecule has 0 radical (unpaired) electrons. The number of hydrogen-bond acceptors (Lipinski definition) is 2. The van der Waals surface area contributed by atoms with E-state index in [1.165, 1.54) is 36.8 Å². The molecule has 2 rings (SSSR count). The molecule has 1 aliphatic carbocycles. The van der Waals surface area contributed by atoms with E-state index < -0.39 is 0 Å². The van der Waals surface area contributed by atoms with Crippen LogP contribution in [0, 0.1) is 0 Å². The van der Waals surface area contributed by atoms with Crippen molar-refractivity contribution in [3.8, 4) is 0 Å². The number of nitrogens with one attached hydrogen (secondary N) is 1. The van der Waals surface area contributed by atoms with E-state index in [2.05, 4.69) is 55.4 Å². The molecule has 20 heavy (non-hydrogen) atoms. The van der Waals surface area contributed by atoms with Crippen LogP contribution in [0.2, 0.25) is 0 Å². The minimum absolute atomic E-state index is 0. The van der Waals surface area contributed by atoms with Crippen LogP contribution < -0.4 is 5.32 Å². The van der Waals surface area contributed by atoms with Crippen molar-refractivity contribution in [2.45, 2.75) is 64.7 Å². The maximum atomic E-state index is 3.72. The Morgan fingerprint density at radius 3 is 2.35 bits per heavy atom. The van der Waals surface area contributed by atoms with E-state index >= 15 is 0 Å². The number of halogens is 1. The second-order valence-electron chi connectivity index (χ2n) is 6.14. The lowest BCUT2D eigenvalue weighted by Crippen LogP contribution is -2.28. The van der Waals surface area contributed by atoms with Crippen LogP contribution in [0.15, 0.2) is 24.3 Å². The molecule has 0 atom stereocenters. The van der Waals surface area contributed by atoms with Gasteiger partial charge in [0.2, 0.25) is 0 Å². The van der Waals surface area contributed by atoms with Crippen LogP contribution >= 0.6 is 12.4 Å². The Morgan fingerprint density at radius 2 is 1.75 bits per heavy atom. The van der Waals surface area contributed by atoms with E-state index in [9.17, 15) is 0 Å². The molecule has 1 N–H and O–H groups in total. The molecule has 0 saturated heterocycles. The van der Waals surface area contributed by atoms with Crippen molar-refractivity contribution in [2.75, 3.05) is 7.05 Å². The fourth-order valence-electron chi connectivity index (χ4n) is 2.72. The smallest absolute Gasteiger partial charge is 0.0236 e. The molecule has 1 aromatic carbocycles. The first-order valence-electron chi connectivity index (χ1n) is 7.67. The molecule has 0 amide bonds. The molecule has 0 heterocycles. The monoisotopic (exact) mass is 296 g/mol. The van der Waals surface area contributed by atoms with Crippen molar-refractivity contribution in [1.29, 1.82) is 0 Å². The van der Waals surface area contributed by atoms with Gasteiger partial charge >= 0.3 is 0 Å². The lowest BCUT2D eigenvalue weighted by atomic mass is 10.1. The molecule has 0 bridgehead atoms. The molecule has 0 aromatic heterocycles. The predicted molar refractivity (Wildman–Crippen MR) is 89.4 cm³/mol. The lowest BCUT2D eigenvalue weighted by Gasteiger charge is -2.23. The van der Waals surface area contributed by atoms with E-state index in [-0.39, 0.29) is 12.4 Å². The summed E-state index contributed by atoms with van der Waals surface area (Å²) in [5.41, 5.74) is 2.92. The molecule has 1 fully saturated rings. The molecular formula is C17H29ClN2. The van der Waals surface area contributed by atoms with Crippen LogP contribution in [-0.2, 0) is 13.1 Å². The summed E-state index contributed by atoms with van der Waals surface area (Å²) in [6.07, 6.45) is 5.51. The Kier molecular flexibility index (Phi) is 7.57. The summed E-state index contributed by atoms with van der Waals surface area (Å²) in [5.74, 6) is 0. The van der Waals surface area contributed by atoms with Gasteiger partial charge in [-0.15, -0.1) is 12.4 Å². The maximum absolute atomic E-state index is 3.72. The topological polar surface area (TPSA) is 15.3 Å². The maximum Gasteiger partial charge on any atom is 0.0236 e. The molecule has 2 nitrogen and oxygen atoms in total. The first-order chi connectivity index (χ1) is 9.16. The molecule has 1 saturated carbocycles. The van der Waals surface area contributed by atoms with Gasteiger partial charge in [-0.3, -0.25) is 4.90 Å². The zero-order valence-corrected chi connectivity index (χ0v) is 13.9. The summed E-state index contributed by atoms with van der Waals surface area (Å²) in [6.45, 7) is 6.56. The summed E-state index contributed by atoms with van der Waals surface area (Å²) >= 11 is 0. The van der Waals surface area contributed by atoms with Crippen molar-refractivity contribution < 1.29 is 0 Å². The Labute approximate surface area is 130 Å². The van der Waals surface area contributed by atoms with Gasteiger partial charge in [-0.25, -0.2) is 0 Å². The highest BCUT2D eigenvalue weighted by atomic mass is 35.5. The highest BCUT2D eigenvalue weighted by molar-refractivity contribution is 5.85. The van der Waals surface area contributed by atoms with Gasteiger partial charge < -0.3 is 5.32 Å². The van der Waals surface area contributed by atoms with Gasteiger partial charge in [0.1, 0.15) is 0 Å². The van der Waals surface area contributed by atoms with Crippen LogP contribution in [0.25, 0.3) is 0 Å². The van der Waals surface area contributed by atoms with Crippen LogP contribution in [-0.4, -0.2) is 24.0 Å². The molecule has 3 heteroatoms. The number of hydrogen-bond donors (Lipinski definition) is 1. The van der Waals surface area contributed by atoms with Crippen LogP contribution in [0.5, 0.6) is 0 Å². The van der Waals surface area contributed by atoms with E-state index in [0.29, 0.717) is 6.04 Å². The molecule has 0 aliphatic heterocycles. The SMILES string of the molecule is CC(C)N(C)Cc1ccccc1CNC1CCCC1.Cl. The van der Waals surface area contributed by atoms with Crippen LogP contribution in [0.1, 0.15) is 50.7 Å². The van der Waals surface area contributed by atoms with Gasteiger partial charge in [0.15, 0.2) is 0 Å². The summed E-state index contributed by atoms with van der Waals surface area (Å²) in [7, 11) is 2.20. The molecule has 0 spiro atoms. The van der Waals surface area contributed by atoms with Gasteiger partial charge in [-0.1, -0.05) is 37.1 Å². The van der Waals surface area contributed by atoms with E-state index in [0.717, 1.165) is 19.1 Å². The summed E-state index contributed by atoms with van der Waals surface area (Å²) in [5, 5.41) is 3.72. The van der Waals surface area contributed by atoms with Crippen molar-refractivity contribution in [3.05, 3.63) is 35.4 Å². The standard InChI is InChI=1S/C17H28N2.ClH/c1-14(2)19(3)13-16-9-5-4-8-15(16)12-18-17-10-6-7-11-17;/h4-5,8-9,14,17-18H,6-7,10-13H2,1-3H3;1H. The molecule has 1 aromatic rings. The van der Waals surface area contributed by atoms with E-state index in [4.69, 9.17) is 0 Å². The molecular weight excluding hydrogens is 268 g/mol. The Balaban J connectivity index is 0.00000200. The van der Waals surface area contributed by atoms with Crippen LogP contribution in [0.4, 0.5) is 0 Å². The van der Waals surface area contributed by atoms with Crippen LogP contribution in [0.3, 0.4) is 0 Å². The fraction of sp³-hybridized carbons (Fsp3) is 0.647. The minimum atomic E-state index is 0. The third-order valence-electron chi connectivity index (χ3n) is 4.36. The lowest BCUT2D eigenvalue weighted by molar-refractivity contribution is 0.265. The molecule has 1 aliphatic rings. The van der Waals surface area contributed by atoms with Gasteiger partial charge in [0.05, 0.1) is 0 Å². The third-order valence-corrected chi connectivity index (χ3v) is 4.36. The number of rotatable bonds is 6. The first-order valence-corrected chi connectivity index (χ1v) is 7.67. The van der Waals surface area contributed by atoms with Crippen molar-refractivity contribution in [3.63, 3.8) is 0 Å². The van der Waals surface area contributed by atoms with Gasteiger partial charge in [-0.2, -0.15) is 0 Å². The Morgan fingerprint density at radius 1 is 1.15 bits per heavy atom. The number of nitrogens with zero attached hydrogens (tertiary/aromatic N) is 1. The summed E-state index contributed by atoms with van der Waals surface area (Å²) in [4.78, 5) is 2.40. The Bertz CT molecular complexity index is 386. The highest BCUT2D eigenvalue weighted by Gasteiger charge is 2.15. The average Bonchev–Trinajstić information content (AvgIpc) is 2.90. The molecule has 114 valence electrons. The highest BCUT2D eigenvalue weighted by Crippen LogP contribution is 2.19. The van der Waals surface area contributed by atoms with Gasteiger partial charge in [-0.05, 0) is 44.9 Å². The van der Waals surface area contributed by atoms with E-state index in [1.54, 1.807) is 0 Å². The Hall–Kier alpha value is -0.570. The zero-order chi connectivity index (χ0) is 13.7. The average molecular weight is 297 g/mol. The zero-order valence-electron chi connectivity index (χ0n) is 13.1. The largest absolute Gasteiger partial charge is 0.310 e. The minimum Gasteiger partial charge on any atom is -0.310 e. The third kappa shape index (κ3) is 5.08. The number of benzene rings is 1. The van der Waals surface area contributed by atoms with Crippen molar-refractivity contribution in [1.82, 2.24) is 10.2 Å². The summed E-state index contributed by atoms with van der Waals surface area (Å²) < 4.78 is 0. The molecule has 0 unspecified atom stereocenters. The van der Waals surface area contributed by atoms with Gasteiger partial charge in [0, 0.05) is 25.2 Å². The second-order valence-corrected chi connectivity index (χ2v) is 6.14. The van der Waals surface area contributed by atoms with Crippen molar-refractivity contribution >= 4 is 12.4 Å². The van der Waals surface area contributed by atoms with Crippen molar-refractivity contribution in [2.24, 2.45) is 0 Å². The normalized spacial score (nSPS) is 15.8. The van der Waals surface area contributed by atoms with E-state index in [1.807, 2.05) is 0 Å². The fourth-order valence-corrected chi connectivity index (χ4v) is 2.72. The first kappa shape index (κ1) is 17.5. The quantitative estimate of drug-likeness (QED) is 0.854. The van der Waals surface area contributed by atoms with Gasteiger partial charge in [0.25, 0.3) is 0 Å². The predicted octanol–water partition coefficient (Wildman–Crippen LogP) is 3.98. The second kappa shape index (κ2) is 8.66. The summed E-state index contributed by atoms with van der Waals surface area (Å²) in [6, 6.07) is 10.2.